The van der Waals surface area contributed by atoms with Gasteiger partial charge in [-0.1, -0.05) is 17.7 Å². The fourth-order valence-electron chi connectivity index (χ4n) is 2.57. The third-order valence-electron chi connectivity index (χ3n) is 3.74. The maximum absolute atomic E-state index is 13.2. The van der Waals surface area contributed by atoms with Crippen molar-refractivity contribution < 1.29 is 8.81 Å². The Balaban J connectivity index is 2.31. The van der Waals surface area contributed by atoms with Gasteiger partial charge in [-0.05, 0) is 57.5 Å². The first-order valence-electron chi connectivity index (χ1n) is 6.61. The molecular formula is C16H19ClFNO. The molecule has 1 aromatic carbocycles. The van der Waals surface area contributed by atoms with E-state index in [1.807, 2.05) is 20.9 Å². The fraction of sp³-hybridized carbons (Fsp3) is 0.375. The minimum absolute atomic E-state index is 0.119. The Morgan fingerprint density at radius 1 is 1.25 bits per heavy atom. The van der Waals surface area contributed by atoms with Gasteiger partial charge in [0.15, 0.2) is 0 Å². The van der Waals surface area contributed by atoms with Gasteiger partial charge < -0.3 is 9.73 Å². The van der Waals surface area contributed by atoms with Crippen molar-refractivity contribution in [1.82, 2.24) is 5.32 Å². The molecule has 1 atom stereocenters. The maximum Gasteiger partial charge on any atom is 0.141 e. The van der Waals surface area contributed by atoms with E-state index in [0.717, 1.165) is 29.1 Å². The summed E-state index contributed by atoms with van der Waals surface area (Å²) in [5.74, 6) is 1.48. The number of rotatable bonds is 4. The predicted octanol–water partition coefficient (Wildman–Crippen LogP) is 4.50. The molecule has 4 heteroatoms. The highest BCUT2D eigenvalue weighted by atomic mass is 35.5. The third-order valence-corrected chi connectivity index (χ3v) is 4.03. The van der Waals surface area contributed by atoms with E-state index >= 15 is 0 Å². The van der Waals surface area contributed by atoms with Crippen LogP contribution in [0.3, 0.4) is 0 Å². The van der Waals surface area contributed by atoms with Gasteiger partial charge in [-0.3, -0.25) is 0 Å². The van der Waals surface area contributed by atoms with Crippen LogP contribution in [-0.4, -0.2) is 7.05 Å². The molecule has 1 aromatic heterocycles. The molecule has 0 aliphatic carbocycles. The Morgan fingerprint density at radius 3 is 2.45 bits per heavy atom. The molecule has 2 rings (SSSR count). The number of benzene rings is 1. The zero-order chi connectivity index (χ0) is 14.9. The highest BCUT2D eigenvalue weighted by Gasteiger charge is 2.20. The van der Waals surface area contributed by atoms with Crippen LogP contribution in [0.2, 0.25) is 5.02 Å². The average molecular weight is 296 g/mol. The van der Waals surface area contributed by atoms with Gasteiger partial charge in [0.1, 0.15) is 17.3 Å². The number of nitrogens with one attached hydrogen (secondary N) is 1. The third kappa shape index (κ3) is 2.89. The molecule has 108 valence electrons. The molecule has 0 aliphatic rings. The average Bonchev–Trinajstić information content (AvgIpc) is 2.65. The van der Waals surface area contributed by atoms with Gasteiger partial charge in [0.2, 0.25) is 0 Å². The molecule has 20 heavy (non-hydrogen) atoms. The monoisotopic (exact) mass is 295 g/mol. The molecule has 0 aliphatic heterocycles. The lowest BCUT2D eigenvalue weighted by atomic mass is 9.96. The van der Waals surface area contributed by atoms with Gasteiger partial charge in [0, 0.05) is 11.6 Å². The molecule has 1 N–H and O–H groups in total. The van der Waals surface area contributed by atoms with E-state index in [2.05, 4.69) is 12.2 Å². The highest BCUT2D eigenvalue weighted by molar-refractivity contribution is 6.30. The number of hydrogen-bond donors (Lipinski definition) is 1. The molecule has 2 aromatic rings. The summed E-state index contributed by atoms with van der Waals surface area (Å²) >= 11 is 5.84. The number of aryl methyl sites for hydroxylation is 2. The highest BCUT2D eigenvalue weighted by Crippen LogP contribution is 2.29. The molecule has 0 saturated carbocycles. The second-order valence-electron chi connectivity index (χ2n) is 5.05. The summed E-state index contributed by atoms with van der Waals surface area (Å²) in [6, 6.07) is 4.97. The summed E-state index contributed by atoms with van der Waals surface area (Å²) in [5, 5.41) is 3.46. The van der Waals surface area contributed by atoms with E-state index in [0.29, 0.717) is 0 Å². The Bertz CT molecular complexity index is 621. The van der Waals surface area contributed by atoms with Crippen LogP contribution in [0.5, 0.6) is 0 Å². The van der Waals surface area contributed by atoms with Crippen molar-refractivity contribution in [3.05, 3.63) is 57.2 Å². The fourth-order valence-corrected chi connectivity index (χ4v) is 2.78. The van der Waals surface area contributed by atoms with Crippen molar-refractivity contribution in [2.75, 3.05) is 7.05 Å². The zero-order valence-electron chi connectivity index (χ0n) is 12.2. The van der Waals surface area contributed by atoms with Crippen LogP contribution in [0.4, 0.5) is 4.39 Å². The summed E-state index contributed by atoms with van der Waals surface area (Å²) in [4.78, 5) is 0. The molecule has 1 unspecified atom stereocenters. The molecule has 0 radical (unpaired) electrons. The van der Waals surface area contributed by atoms with Gasteiger partial charge in [-0.15, -0.1) is 0 Å². The molecule has 2 nitrogen and oxygen atoms in total. The van der Waals surface area contributed by atoms with Crippen LogP contribution in [0.15, 0.2) is 22.6 Å². The van der Waals surface area contributed by atoms with Crippen LogP contribution >= 0.6 is 11.6 Å². The smallest absolute Gasteiger partial charge is 0.141 e. The molecular weight excluding hydrogens is 277 g/mol. The van der Waals surface area contributed by atoms with Crippen LogP contribution in [-0.2, 0) is 6.42 Å². The van der Waals surface area contributed by atoms with Gasteiger partial charge in [0.25, 0.3) is 0 Å². The zero-order valence-corrected chi connectivity index (χ0v) is 12.9. The largest absolute Gasteiger partial charge is 0.466 e. The summed E-state index contributed by atoms with van der Waals surface area (Å²) in [6.45, 7) is 5.99. The van der Waals surface area contributed by atoms with Crippen LogP contribution in [0, 0.1) is 26.6 Å². The van der Waals surface area contributed by atoms with E-state index in [-0.39, 0.29) is 16.9 Å². The summed E-state index contributed by atoms with van der Waals surface area (Å²) < 4.78 is 18.9. The van der Waals surface area contributed by atoms with E-state index in [9.17, 15) is 4.39 Å². The van der Waals surface area contributed by atoms with E-state index in [1.54, 1.807) is 12.1 Å². The molecule has 0 fully saturated rings. The van der Waals surface area contributed by atoms with Crippen LogP contribution < -0.4 is 5.32 Å². The van der Waals surface area contributed by atoms with Crippen LogP contribution in [0.1, 0.15) is 34.3 Å². The SMILES string of the molecule is CNC(Cc1ccc(F)c(Cl)c1)c1c(C)oc(C)c1C. The second-order valence-corrected chi connectivity index (χ2v) is 5.45. The van der Waals surface area contributed by atoms with Crippen molar-refractivity contribution in [3.8, 4) is 0 Å². The Morgan fingerprint density at radius 2 is 1.95 bits per heavy atom. The summed E-state index contributed by atoms with van der Waals surface area (Å²) in [6.07, 6.45) is 0.733. The topological polar surface area (TPSA) is 25.2 Å². The van der Waals surface area contributed by atoms with Gasteiger partial charge in [-0.25, -0.2) is 4.39 Å². The van der Waals surface area contributed by atoms with Gasteiger partial charge >= 0.3 is 0 Å². The molecule has 0 spiro atoms. The predicted molar refractivity (Wildman–Crippen MR) is 79.8 cm³/mol. The minimum atomic E-state index is -0.386. The lowest BCUT2D eigenvalue weighted by Gasteiger charge is -2.17. The molecule has 0 saturated heterocycles. The van der Waals surface area contributed by atoms with Crippen molar-refractivity contribution in [2.45, 2.75) is 33.2 Å². The standard InChI is InChI=1S/C16H19ClFNO/c1-9-10(2)20-11(3)16(9)15(19-4)8-12-5-6-14(18)13(17)7-12/h5-7,15,19H,8H2,1-4H3. The van der Waals surface area contributed by atoms with E-state index in [1.165, 1.54) is 11.6 Å². The number of likely N-dealkylation sites (N-methyl/N-ethyl adjacent to an activating group) is 1. The number of hydrogen-bond acceptors (Lipinski definition) is 2. The van der Waals surface area contributed by atoms with Gasteiger partial charge in [-0.2, -0.15) is 0 Å². The Labute approximate surface area is 123 Å². The lowest BCUT2D eigenvalue weighted by Crippen LogP contribution is -2.20. The molecule has 0 bridgehead atoms. The first-order valence-corrected chi connectivity index (χ1v) is 6.99. The lowest BCUT2D eigenvalue weighted by molar-refractivity contribution is 0.489. The summed E-state index contributed by atoms with van der Waals surface area (Å²) in [5.41, 5.74) is 3.33. The van der Waals surface area contributed by atoms with E-state index < -0.39 is 0 Å². The second kappa shape index (κ2) is 5.98. The quantitative estimate of drug-likeness (QED) is 0.898. The van der Waals surface area contributed by atoms with Crippen molar-refractivity contribution in [3.63, 3.8) is 0 Å². The van der Waals surface area contributed by atoms with Crippen molar-refractivity contribution >= 4 is 11.6 Å². The van der Waals surface area contributed by atoms with Crippen LogP contribution in [0.25, 0.3) is 0 Å². The maximum atomic E-state index is 13.2. The van der Waals surface area contributed by atoms with E-state index in [4.69, 9.17) is 16.0 Å². The number of halogens is 2. The first-order chi connectivity index (χ1) is 9.43. The molecule has 0 amide bonds. The van der Waals surface area contributed by atoms with Gasteiger partial charge in [0.05, 0.1) is 5.02 Å². The van der Waals surface area contributed by atoms with Crippen molar-refractivity contribution in [2.24, 2.45) is 0 Å². The molecule has 1 heterocycles. The number of furan rings is 1. The van der Waals surface area contributed by atoms with Crippen molar-refractivity contribution in [1.29, 1.82) is 0 Å². The Hall–Kier alpha value is -1.32. The normalized spacial score (nSPS) is 12.7. The minimum Gasteiger partial charge on any atom is -0.466 e. The first kappa shape index (κ1) is 15.1. The summed E-state index contributed by atoms with van der Waals surface area (Å²) in [7, 11) is 1.91. The Kier molecular flexibility index (Phi) is 4.51.